The maximum absolute atomic E-state index is 11.0. The Morgan fingerprint density at radius 2 is 2.05 bits per heavy atom. The Labute approximate surface area is 127 Å². The van der Waals surface area contributed by atoms with E-state index >= 15 is 0 Å². The van der Waals surface area contributed by atoms with Crippen LogP contribution in [-0.2, 0) is 11.3 Å². The van der Waals surface area contributed by atoms with Crippen molar-refractivity contribution < 1.29 is 4.79 Å². The van der Waals surface area contributed by atoms with Crippen LogP contribution in [0.15, 0.2) is 6.07 Å². The fraction of sp³-hybridized carbons (Fsp3) is 0.688. The molecule has 1 aliphatic rings. The average molecular weight is 290 g/mol. The molecule has 2 heterocycles. The summed E-state index contributed by atoms with van der Waals surface area (Å²) in [4.78, 5) is 22.6. The molecule has 0 radical (unpaired) electrons. The molecule has 21 heavy (non-hydrogen) atoms. The van der Waals surface area contributed by atoms with Crippen LogP contribution in [0.2, 0.25) is 0 Å². The Balaban J connectivity index is 1.96. The fourth-order valence-corrected chi connectivity index (χ4v) is 3.06. The largest absolute Gasteiger partial charge is 0.356 e. The molecule has 5 nitrogen and oxygen atoms in total. The monoisotopic (exact) mass is 290 g/mol. The van der Waals surface area contributed by atoms with Gasteiger partial charge >= 0.3 is 0 Å². The van der Waals surface area contributed by atoms with Crippen LogP contribution in [-0.4, -0.2) is 39.9 Å². The number of hydrogen-bond acceptors (Lipinski definition) is 4. The highest BCUT2D eigenvalue weighted by atomic mass is 16.1. The molecule has 1 N–H and O–H groups in total. The average Bonchev–Trinajstić information content (AvgIpc) is 2.39. The number of nitrogens with zero attached hydrogens (tertiary/aromatic N) is 3. The number of aryl methyl sites for hydroxylation is 2. The van der Waals surface area contributed by atoms with Crippen molar-refractivity contribution in [3.8, 4) is 0 Å². The Kier molecular flexibility index (Phi) is 5.67. The van der Waals surface area contributed by atoms with Crippen molar-refractivity contribution in [3.05, 3.63) is 23.3 Å². The maximum Gasteiger partial charge on any atom is 0.216 e. The molecule has 1 aromatic rings. The van der Waals surface area contributed by atoms with Crippen molar-refractivity contribution in [2.75, 3.05) is 13.1 Å². The van der Waals surface area contributed by atoms with Gasteiger partial charge in [-0.3, -0.25) is 9.69 Å². The van der Waals surface area contributed by atoms with Crippen molar-refractivity contribution in [3.63, 3.8) is 0 Å². The van der Waals surface area contributed by atoms with Crippen molar-refractivity contribution in [1.82, 2.24) is 20.2 Å². The normalized spacial score (nSPS) is 19.5. The SMILES string of the molecule is CC(=O)NCC[C@@H]1CCCCN1Cc1nc(C)cc(C)n1. The van der Waals surface area contributed by atoms with E-state index in [9.17, 15) is 4.79 Å². The topological polar surface area (TPSA) is 58.1 Å². The summed E-state index contributed by atoms with van der Waals surface area (Å²) in [5, 5.41) is 2.90. The van der Waals surface area contributed by atoms with Crippen LogP contribution in [0.4, 0.5) is 0 Å². The molecule has 0 bridgehead atoms. The van der Waals surface area contributed by atoms with Crippen LogP contribution < -0.4 is 5.32 Å². The molecule has 1 saturated heterocycles. The van der Waals surface area contributed by atoms with Crippen molar-refractivity contribution in [2.24, 2.45) is 0 Å². The van der Waals surface area contributed by atoms with Crippen LogP contribution in [0.1, 0.15) is 49.8 Å². The Morgan fingerprint density at radius 1 is 1.33 bits per heavy atom. The van der Waals surface area contributed by atoms with Crippen molar-refractivity contribution >= 4 is 5.91 Å². The second-order valence-electron chi connectivity index (χ2n) is 5.96. The molecule has 116 valence electrons. The molecule has 1 aliphatic heterocycles. The molecule has 0 spiro atoms. The van der Waals surface area contributed by atoms with Gasteiger partial charge in [0.2, 0.25) is 5.91 Å². The number of aromatic nitrogens is 2. The molecule has 1 fully saturated rings. The number of nitrogens with one attached hydrogen (secondary N) is 1. The van der Waals surface area contributed by atoms with Crippen LogP contribution in [0.25, 0.3) is 0 Å². The summed E-state index contributed by atoms with van der Waals surface area (Å²) in [6.07, 6.45) is 4.71. The zero-order chi connectivity index (χ0) is 15.2. The lowest BCUT2D eigenvalue weighted by molar-refractivity contribution is -0.119. The highest BCUT2D eigenvalue weighted by Crippen LogP contribution is 2.21. The molecule has 1 aromatic heterocycles. The molecular formula is C16H26N4O. The molecule has 0 unspecified atom stereocenters. The number of likely N-dealkylation sites (tertiary alicyclic amines) is 1. The highest BCUT2D eigenvalue weighted by molar-refractivity contribution is 5.72. The van der Waals surface area contributed by atoms with E-state index in [2.05, 4.69) is 20.2 Å². The molecule has 0 aromatic carbocycles. The van der Waals surface area contributed by atoms with Gasteiger partial charge in [-0.05, 0) is 45.7 Å². The standard InChI is InChI=1S/C16H26N4O/c1-12-10-13(2)19-16(18-12)11-20-9-5-4-6-15(20)7-8-17-14(3)21/h10,15H,4-9,11H2,1-3H3,(H,17,21)/t15-/m0/s1. The number of rotatable bonds is 5. The van der Waals surface area contributed by atoms with Gasteiger partial charge < -0.3 is 5.32 Å². The van der Waals surface area contributed by atoms with Crippen LogP contribution in [0, 0.1) is 13.8 Å². The number of amides is 1. The summed E-state index contributed by atoms with van der Waals surface area (Å²) in [5.74, 6) is 0.967. The molecule has 5 heteroatoms. The third kappa shape index (κ3) is 5.08. The van der Waals surface area contributed by atoms with Crippen LogP contribution in [0.5, 0.6) is 0 Å². The van der Waals surface area contributed by atoms with E-state index in [1.165, 1.54) is 19.3 Å². The Hall–Kier alpha value is -1.49. The van der Waals surface area contributed by atoms with E-state index in [4.69, 9.17) is 0 Å². The summed E-state index contributed by atoms with van der Waals surface area (Å²) in [5.41, 5.74) is 2.06. The van der Waals surface area contributed by atoms with Gasteiger partial charge in [0.05, 0.1) is 6.54 Å². The summed E-state index contributed by atoms with van der Waals surface area (Å²) in [6.45, 7) is 8.27. The van der Waals surface area contributed by atoms with Crippen molar-refractivity contribution in [1.29, 1.82) is 0 Å². The molecule has 0 aliphatic carbocycles. The van der Waals surface area contributed by atoms with Gasteiger partial charge in [0.1, 0.15) is 5.82 Å². The molecule has 1 amide bonds. The minimum Gasteiger partial charge on any atom is -0.356 e. The summed E-state index contributed by atoms with van der Waals surface area (Å²) < 4.78 is 0. The first kappa shape index (κ1) is 15.9. The minimum absolute atomic E-state index is 0.0509. The lowest BCUT2D eigenvalue weighted by Crippen LogP contribution is -2.41. The predicted octanol–water partition coefficient (Wildman–Crippen LogP) is 1.97. The number of hydrogen-bond donors (Lipinski definition) is 1. The first-order valence-corrected chi connectivity index (χ1v) is 7.84. The zero-order valence-corrected chi connectivity index (χ0v) is 13.4. The van der Waals surface area contributed by atoms with Crippen LogP contribution in [0.3, 0.4) is 0 Å². The van der Waals surface area contributed by atoms with Crippen LogP contribution >= 0.6 is 0 Å². The molecular weight excluding hydrogens is 264 g/mol. The second-order valence-corrected chi connectivity index (χ2v) is 5.96. The predicted molar refractivity (Wildman–Crippen MR) is 82.9 cm³/mol. The Morgan fingerprint density at radius 3 is 2.71 bits per heavy atom. The number of carbonyl (C=O) groups excluding carboxylic acids is 1. The zero-order valence-electron chi connectivity index (χ0n) is 13.4. The maximum atomic E-state index is 11.0. The number of carbonyl (C=O) groups is 1. The number of piperidine rings is 1. The Bertz CT molecular complexity index is 469. The fourth-order valence-electron chi connectivity index (χ4n) is 3.06. The van der Waals surface area contributed by atoms with E-state index < -0.39 is 0 Å². The smallest absolute Gasteiger partial charge is 0.216 e. The van der Waals surface area contributed by atoms with Gasteiger partial charge in [-0.2, -0.15) is 0 Å². The van der Waals surface area contributed by atoms with Gasteiger partial charge in [-0.1, -0.05) is 6.42 Å². The van der Waals surface area contributed by atoms with Gasteiger partial charge in [0, 0.05) is 30.9 Å². The van der Waals surface area contributed by atoms with E-state index in [1.54, 1.807) is 6.92 Å². The summed E-state index contributed by atoms with van der Waals surface area (Å²) in [7, 11) is 0. The third-order valence-corrected chi connectivity index (χ3v) is 3.97. The third-order valence-electron chi connectivity index (χ3n) is 3.97. The molecule has 1 atom stereocenters. The first-order chi connectivity index (χ1) is 10.0. The van der Waals surface area contributed by atoms with Gasteiger partial charge in [-0.15, -0.1) is 0 Å². The quantitative estimate of drug-likeness (QED) is 0.901. The van der Waals surface area contributed by atoms with Gasteiger partial charge in [0.25, 0.3) is 0 Å². The van der Waals surface area contributed by atoms with E-state index in [-0.39, 0.29) is 5.91 Å². The molecule has 2 rings (SSSR count). The minimum atomic E-state index is 0.0509. The molecule has 0 saturated carbocycles. The van der Waals surface area contributed by atoms with E-state index in [0.29, 0.717) is 6.04 Å². The first-order valence-electron chi connectivity index (χ1n) is 7.84. The lowest BCUT2D eigenvalue weighted by Gasteiger charge is -2.35. The summed E-state index contributed by atoms with van der Waals surface area (Å²) >= 11 is 0. The van der Waals surface area contributed by atoms with Gasteiger partial charge in [0.15, 0.2) is 0 Å². The van der Waals surface area contributed by atoms with E-state index in [0.717, 1.165) is 43.3 Å². The summed E-state index contributed by atoms with van der Waals surface area (Å²) in [6, 6.07) is 2.53. The van der Waals surface area contributed by atoms with Gasteiger partial charge in [-0.25, -0.2) is 9.97 Å². The van der Waals surface area contributed by atoms with Crippen molar-refractivity contribution in [2.45, 2.75) is 59.0 Å². The highest BCUT2D eigenvalue weighted by Gasteiger charge is 2.23. The lowest BCUT2D eigenvalue weighted by atomic mass is 9.99. The second kappa shape index (κ2) is 7.50. The van der Waals surface area contributed by atoms with E-state index in [1.807, 2.05) is 19.9 Å².